The molecule has 1 aromatic heterocycles. The maximum absolute atomic E-state index is 5.44. The highest BCUT2D eigenvalue weighted by Gasteiger charge is 2.23. The summed E-state index contributed by atoms with van der Waals surface area (Å²) in [4.78, 5) is 2.55. The first-order valence-electron chi connectivity index (χ1n) is 8.62. The summed E-state index contributed by atoms with van der Waals surface area (Å²) >= 11 is 0. The van der Waals surface area contributed by atoms with Gasteiger partial charge in [0.1, 0.15) is 5.69 Å². The summed E-state index contributed by atoms with van der Waals surface area (Å²) in [6.07, 6.45) is 4.14. The molecule has 1 fully saturated rings. The lowest BCUT2D eigenvalue weighted by Crippen LogP contribution is -2.32. The van der Waals surface area contributed by atoms with Gasteiger partial charge in [-0.15, -0.1) is 0 Å². The van der Waals surface area contributed by atoms with Crippen molar-refractivity contribution >= 4 is 17.0 Å². The van der Waals surface area contributed by atoms with E-state index in [1.54, 1.807) is 6.08 Å². The monoisotopic (exact) mass is 318 g/mol. The summed E-state index contributed by atoms with van der Waals surface area (Å²) in [6.45, 7) is 7.17. The average molecular weight is 318 g/mol. The minimum absolute atomic E-state index is 0.568. The number of aromatic nitrogens is 1. The molecule has 0 aliphatic carbocycles. The number of rotatable bonds is 4. The van der Waals surface area contributed by atoms with Crippen LogP contribution in [0.3, 0.4) is 0 Å². The van der Waals surface area contributed by atoms with E-state index in [-0.39, 0.29) is 0 Å². The van der Waals surface area contributed by atoms with Crippen LogP contribution in [0, 0.1) is 0 Å². The zero-order chi connectivity index (χ0) is 16.4. The van der Waals surface area contributed by atoms with E-state index in [1.165, 1.54) is 24.0 Å². The second-order valence-electron chi connectivity index (χ2n) is 6.53. The topological polar surface area (TPSA) is 29.3 Å². The van der Waals surface area contributed by atoms with Crippen LogP contribution in [0.5, 0.6) is 0 Å². The quantitative estimate of drug-likeness (QED) is 0.688. The van der Waals surface area contributed by atoms with E-state index in [9.17, 15) is 0 Å². The number of fused-ring (bicyclic) bond motifs is 1. The number of likely N-dealkylation sites (tertiary alicyclic amines) is 1. The molecule has 122 valence electrons. The van der Waals surface area contributed by atoms with Crippen LogP contribution in [0.25, 0.3) is 17.0 Å². The molecule has 0 spiro atoms. The molecular formula is C21H22N2O. The van der Waals surface area contributed by atoms with Gasteiger partial charge in [0.05, 0.1) is 5.39 Å². The molecule has 1 aliphatic heterocycles. The molecule has 1 aliphatic rings. The molecule has 0 N–H and O–H groups in total. The first-order chi connectivity index (χ1) is 11.8. The van der Waals surface area contributed by atoms with Crippen LogP contribution in [-0.2, 0) is 6.54 Å². The third kappa shape index (κ3) is 2.87. The molecule has 3 aromatic rings. The third-order valence-corrected chi connectivity index (χ3v) is 5.03. The Morgan fingerprint density at radius 3 is 2.62 bits per heavy atom. The maximum Gasteiger partial charge on any atom is 0.167 e. The fourth-order valence-electron chi connectivity index (χ4n) is 3.77. The van der Waals surface area contributed by atoms with Gasteiger partial charge >= 0.3 is 0 Å². The Hall–Kier alpha value is -2.39. The van der Waals surface area contributed by atoms with Gasteiger partial charge < -0.3 is 4.52 Å². The van der Waals surface area contributed by atoms with Gasteiger partial charge in [0.15, 0.2) is 5.58 Å². The minimum Gasteiger partial charge on any atom is -0.356 e. The number of benzene rings is 2. The molecule has 0 radical (unpaired) electrons. The van der Waals surface area contributed by atoms with Crippen molar-refractivity contribution in [1.82, 2.24) is 10.1 Å². The lowest BCUT2D eigenvalue weighted by atomic mass is 9.87. The molecule has 3 nitrogen and oxygen atoms in total. The van der Waals surface area contributed by atoms with Gasteiger partial charge in [-0.05, 0) is 55.1 Å². The number of hydrogen-bond acceptors (Lipinski definition) is 3. The van der Waals surface area contributed by atoms with Gasteiger partial charge in [-0.2, -0.15) is 0 Å². The van der Waals surface area contributed by atoms with Crippen LogP contribution in [0.2, 0.25) is 0 Å². The van der Waals surface area contributed by atoms with E-state index in [0.29, 0.717) is 5.92 Å². The van der Waals surface area contributed by atoms with E-state index in [0.717, 1.165) is 36.3 Å². The Bertz CT molecular complexity index is 829. The summed E-state index contributed by atoms with van der Waals surface area (Å²) in [5.41, 5.74) is 4.50. The SMILES string of the molecule is C=Cc1noc2cccc(C3CCN(Cc4ccccc4)CC3)c12. The molecule has 2 heterocycles. The summed E-state index contributed by atoms with van der Waals surface area (Å²) in [7, 11) is 0. The Labute approximate surface area is 142 Å². The van der Waals surface area contributed by atoms with Gasteiger partial charge in [-0.25, -0.2) is 0 Å². The number of hydrogen-bond donors (Lipinski definition) is 0. The summed E-state index contributed by atoms with van der Waals surface area (Å²) in [5.74, 6) is 0.568. The van der Waals surface area contributed by atoms with Crippen molar-refractivity contribution in [2.24, 2.45) is 0 Å². The standard InChI is InChI=1S/C21H22N2O/c1-2-19-21-18(9-6-10-20(21)24-22-19)17-11-13-23(14-12-17)15-16-7-4-3-5-8-16/h2-10,17H,1,11-15H2. The zero-order valence-electron chi connectivity index (χ0n) is 13.8. The molecule has 0 saturated carbocycles. The van der Waals surface area contributed by atoms with Crippen molar-refractivity contribution in [3.05, 3.63) is 71.9 Å². The highest BCUT2D eigenvalue weighted by atomic mass is 16.5. The van der Waals surface area contributed by atoms with Crippen molar-refractivity contribution < 1.29 is 4.52 Å². The highest BCUT2D eigenvalue weighted by Crippen LogP contribution is 2.35. The summed E-state index contributed by atoms with van der Waals surface area (Å²) in [6, 6.07) is 17.0. The van der Waals surface area contributed by atoms with Crippen LogP contribution < -0.4 is 0 Å². The molecule has 2 aromatic carbocycles. The fourth-order valence-corrected chi connectivity index (χ4v) is 3.77. The van der Waals surface area contributed by atoms with Gasteiger partial charge in [-0.1, -0.05) is 54.2 Å². The van der Waals surface area contributed by atoms with Crippen molar-refractivity contribution in [2.45, 2.75) is 25.3 Å². The van der Waals surface area contributed by atoms with Gasteiger partial charge in [0, 0.05) is 6.54 Å². The Morgan fingerprint density at radius 2 is 1.88 bits per heavy atom. The van der Waals surface area contributed by atoms with E-state index in [1.807, 2.05) is 6.07 Å². The molecule has 0 amide bonds. The second kappa shape index (κ2) is 6.62. The van der Waals surface area contributed by atoms with Crippen LogP contribution in [0.15, 0.2) is 59.6 Å². The van der Waals surface area contributed by atoms with Crippen molar-refractivity contribution in [2.75, 3.05) is 13.1 Å². The lowest BCUT2D eigenvalue weighted by Gasteiger charge is -2.32. The molecule has 0 unspecified atom stereocenters. The molecule has 3 heteroatoms. The Morgan fingerprint density at radius 1 is 1.08 bits per heavy atom. The van der Waals surface area contributed by atoms with E-state index >= 15 is 0 Å². The van der Waals surface area contributed by atoms with Gasteiger partial charge in [0.25, 0.3) is 0 Å². The van der Waals surface area contributed by atoms with Crippen molar-refractivity contribution in [1.29, 1.82) is 0 Å². The van der Waals surface area contributed by atoms with Crippen LogP contribution in [-0.4, -0.2) is 23.1 Å². The number of piperidine rings is 1. The van der Waals surface area contributed by atoms with Crippen LogP contribution in [0.1, 0.15) is 35.6 Å². The molecule has 24 heavy (non-hydrogen) atoms. The average Bonchev–Trinajstić information content (AvgIpc) is 3.07. The summed E-state index contributed by atoms with van der Waals surface area (Å²) < 4.78 is 5.44. The summed E-state index contributed by atoms with van der Waals surface area (Å²) in [5, 5.41) is 5.28. The van der Waals surface area contributed by atoms with Crippen LogP contribution in [0.4, 0.5) is 0 Å². The lowest BCUT2D eigenvalue weighted by molar-refractivity contribution is 0.205. The highest BCUT2D eigenvalue weighted by molar-refractivity contribution is 5.88. The van der Waals surface area contributed by atoms with Crippen molar-refractivity contribution in [3.63, 3.8) is 0 Å². The second-order valence-corrected chi connectivity index (χ2v) is 6.53. The van der Waals surface area contributed by atoms with Gasteiger partial charge in [-0.3, -0.25) is 4.90 Å². The Balaban J connectivity index is 1.50. The van der Waals surface area contributed by atoms with Crippen molar-refractivity contribution in [3.8, 4) is 0 Å². The van der Waals surface area contributed by atoms with E-state index in [2.05, 4.69) is 59.1 Å². The third-order valence-electron chi connectivity index (χ3n) is 5.03. The minimum atomic E-state index is 0.568. The normalized spacial score (nSPS) is 16.5. The first kappa shape index (κ1) is 15.2. The first-order valence-corrected chi connectivity index (χ1v) is 8.62. The predicted octanol–water partition coefficient (Wildman–Crippen LogP) is 4.85. The van der Waals surface area contributed by atoms with Crippen LogP contribution >= 0.6 is 0 Å². The molecule has 0 atom stereocenters. The largest absolute Gasteiger partial charge is 0.356 e. The van der Waals surface area contributed by atoms with E-state index in [4.69, 9.17) is 4.52 Å². The Kier molecular flexibility index (Phi) is 4.18. The van der Waals surface area contributed by atoms with E-state index < -0.39 is 0 Å². The van der Waals surface area contributed by atoms with Gasteiger partial charge in [0.2, 0.25) is 0 Å². The maximum atomic E-state index is 5.44. The molecule has 1 saturated heterocycles. The fraction of sp³-hybridized carbons (Fsp3) is 0.286. The molecule has 4 rings (SSSR count). The number of nitrogens with zero attached hydrogens (tertiary/aromatic N) is 2. The molecule has 0 bridgehead atoms. The zero-order valence-corrected chi connectivity index (χ0v) is 13.8. The predicted molar refractivity (Wildman–Crippen MR) is 97.8 cm³/mol. The smallest absolute Gasteiger partial charge is 0.167 e. The molecular weight excluding hydrogens is 296 g/mol.